The summed E-state index contributed by atoms with van der Waals surface area (Å²) in [5, 5.41) is 3.14. The van der Waals surface area contributed by atoms with Crippen LogP contribution in [0.3, 0.4) is 0 Å². The molecule has 1 aromatic carbocycles. The van der Waals surface area contributed by atoms with Crippen molar-refractivity contribution in [3.8, 4) is 0 Å². The molecular weight excluding hydrogens is 306 g/mol. The second-order valence-electron chi connectivity index (χ2n) is 5.22. The van der Waals surface area contributed by atoms with Gasteiger partial charge in [-0.05, 0) is 44.5 Å². The first-order chi connectivity index (χ1) is 8.98. The number of halogens is 1. The maximum atomic E-state index is 5.71. The van der Waals surface area contributed by atoms with Crippen LogP contribution >= 0.6 is 15.9 Å². The Hall–Kier alpha value is -0.420. The number of ether oxygens (including phenoxy) is 2. The fourth-order valence-corrected chi connectivity index (χ4v) is 2.16. The predicted molar refractivity (Wildman–Crippen MR) is 82.3 cm³/mol. The summed E-state index contributed by atoms with van der Waals surface area (Å²) in [5.74, 6) is 0. The molecule has 3 nitrogen and oxygen atoms in total. The van der Waals surface area contributed by atoms with E-state index in [-0.39, 0.29) is 5.60 Å². The molecule has 0 radical (unpaired) electrons. The molecule has 108 valence electrons. The molecule has 1 N–H and O–H groups in total. The highest BCUT2D eigenvalue weighted by molar-refractivity contribution is 9.10. The zero-order chi connectivity index (χ0) is 14.3. The molecule has 0 saturated carbocycles. The Morgan fingerprint density at radius 3 is 2.63 bits per heavy atom. The highest BCUT2D eigenvalue weighted by Gasteiger charge is 2.15. The van der Waals surface area contributed by atoms with Crippen LogP contribution in [0.15, 0.2) is 22.7 Å². The van der Waals surface area contributed by atoms with Crippen LogP contribution in [0.1, 0.15) is 31.4 Å². The monoisotopic (exact) mass is 329 g/mol. The largest absolute Gasteiger partial charge is 0.379 e. The van der Waals surface area contributed by atoms with Gasteiger partial charge >= 0.3 is 0 Å². The molecule has 1 aromatic rings. The van der Waals surface area contributed by atoms with Gasteiger partial charge in [0.05, 0.1) is 12.2 Å². The van der Waals surface area contributed by atoms with Crippen molar-refractivity contribution in [2.75, 3.05) is 20.8 Å². The molecule has 0 atom stereocenters. The minimum absolute atomic E-state index is 0.117. The van der Waals surface area contributed by atoms with Crippen LogP contribution in [-0.4, -0.2) is 26.4 Å². The van der Waals surface area contributed by atoms with E-state index in [4.69, 9.17) is 9.47 Å². The molecule has 19 heavy (non-hydrogen) atoms. The normalized spacial score (nSPS) is 11.8. The Bertz CT molecular complexity index is 394. The van der Waals surface area contributed by atoms with E-state index >= 15 is 0 Å². The minimum atomic E-state index is -0.117. The molecule has 0 aromatic heterocycles. The standard InChI is InChI=1S/C15H24BrNO2/c1-15(2,18-4)7-8-19-11-13-6-5-12(10-17-3)9-14(13)16/h5-6,9,17H,7-8,10-11H2,1-4H3. The summed E-state index contributed by atoms with van der Waals surface area (Å²) < 4.78 is 12.2. The maximum absolute atomic E-state index is 5.71. The van der Waals surface area contributed by atoms with Crippen molar-refractivity contribution < 1.29 is 9.47 Å². The molecule has 0 bridgehead atoms. The lowest BCUT2D eigenvalue weighted by Crippen LogP contribution is -2.24. The quantitative estimate of drug-likeness (QED) is 0.740. The third-order valence-electron chi connectivity index (χ3n) is 3.16. The lowest BCUT2D eigenvalue weighted by Gasteiger charge is -2.22. The molecule has 4 heteroatoms. The summed E-state index contributed by atoms with van der Waals surface area (Å²) >= 11 is 3.59. The summed E-state index contributed by atoms with van der Waals surface area (Å²) in [7, 11) is 3.68. The fraction of sp³-hybridized carbons (Fsp3) is 0.600. The minimum Gasteiger partial charge on any atom is -0.379 e. The first kappa shape index (κ1) is 16.6. The third-order valence-corrected chi connectivity index (χ3v) is 3.90. The van der Waals surface area contributed by atoms with E-state index in [0.717, 1.165) is 17.4 Å². The molecule has 0 heterocycles. The van der Waals surface area contributed by atoms with E-state index in [1.165, 1.54) is 11.1 Å². The van der Waals surface area contributed by atoms with Gasteiger partial charge in [-0.15, -0.1) is 0 Å². The number of rotatable bonds is 8. The van der Waals surface area contributed by atoms with Gasteiger partial charge in [-0.25, -0.2) is 0 Å². The Morgan fingerprint density at radius 1 is 1.32 bits per heavy atom. The van der Waals surface area contributed by atoms with Gasteiger partial charge in [0.2, 0.25) is 0 Å². The molecule has 0 unspecified atom stereocenters. The van der Waals surface area contributed by atoms with Crippen LogP contribution in [-0.2, 0) is 22.6 Å². The van der Waals surface area contributed by atoms with Gasteiger partial charge in [0, 0.05) is 24.7 Å². The number of methoxy groups -OCH3 is 1. The van der Waals surface area contributed by atoms with E-state index in [1.54, 1.807) is 7.11 Å². The van der Waals surface area contributed by atoms with E-state index < -0.39 is 0 Å². The molecule has 0 spiro atoms. The van der Waals surface area contributed by atoms with E-state index in [9.17, 15) is 0 Å². The van der Waals surface area contributed by atoms with Gasteiger partial charge in [-0.1, -0.05) is 28.1 Å². The molecule has 0 aliphatic rings. The number of hydrogen-bond donors (Lipinski definition) is 1. The van der Waals surface area contributed by atoms with Crippen LogP contribution in [0.25, 0.3) is 0 Å². The van der Waals surface area contributed by atoms with Crippen molar-refractivity contribution in [3.63, 3.8) is 0 Å². The average Bonchev–Trinajstić information content (AvgIpc) is 2.37. The van der Waals surface area contributed by atoms with Crippen molar-refractivity contribution in [3.05, 3.63) is 33.8 Å². The summed E-state index contributed by atoms with van der Waals surface area (Å²) in [6, 6.07) is 6.37. The lowest BCUT2D eigenvalue weighted by atomic mass is 10.1. The number of hydrogen-bond acceptors (Lipinski definition) is 3. The molecule has 0 fully saturated rings. The average molecular weight is 330 g/mol. The summed E-state index contributed by atoms with van der Waals surface area (Å²) in [5.41, 5.74) is 2.32. The fourth-order valence-electron chi connectivity index (χ4n) is 1.62. The van der Waals surface area contributed by atoms with Crippen LogP contribution in [0.4, 0.5) is 0 Å². The highest BCUT2D eigenvalue weighted by Crippen LogP contribution is 2.20. The van der Waals surface area contributed by atoms with Crippen LogP contribution in [0, 0.1) is 0 Å². The summed E-state index contributed by atoms with van der Waals surface area (Å²) in [4.78, 5) is 0. The Balaban J connectivity index is 2.41. The van der Waals surface area contributed by atoms with Crippen molar-refractivity contribution in [1.82, 2.24) is 5.32 Å². The van der Waals surface area contributed by atoms with E-state index in [0.29, 0.717) is 13.2 Å². The smallest absolute Gasteiger partial charge is 0.0727 e. The topological polar surface area (TPSA) is 30.5 Å². The van der Waals surface area contributed by atoms with Gasteiger partial charge in [0.15, 0.2) is 0 Å². The van der Waals surface area contributed by atoms with Gasteiger partial charge in [-0.3, -0.25) is 0 Å². The Labute approximate surface area is 124 Å². The zero-order valence-electron chi connectivity index (χ0n) is 12.3. The Kier molecular flexibility index (Phi) is 7.00. The SMILES string of the molecule is CNCc1ccc(COCCC(C)(C)OC)c(Br)c1. The van der Waals surface area contributed by atoms with E-state index in [1.807, 2.05) is 7.05 Å². The van der Waals surface area contributed by atoms with Gasteiger partial charge in [-0.2, -0.15) is 0 Å². The van der Waals surface area contributed by atoms with Crippen molar-refractivity contribution in [2.45, 2.75) is 39.0 Å². The molecule has 0 amide bonds. The molecule has 0 saturated heterocycles. The maximum Gasteiger partial charge on any atom is 0.0727 e. The van der Waals surface area contributed by atoms with Crippen LogP contribution < -0.4 is 5.32 Å². The van der Waals surface area contributed by atoms with Crippen LogP contribution in [0.5, 0.6) is 0 Å². The van der Waals surface area contributed by atoms with Crippen molar-refractivity contribution in [1.29, 1.82) is 0 Å². The summed E-state index contributed by atoms with van der Waals surface area (Å²) in [6.45, 7) is 6.34. The van der Waals surface area contributed by atoms with Crippen LogP contribution in [0.2, 0.25) is 0 Å². The highest BCUT2D eigenvalue weighted by atomic mass is 79.9. The second kappa shape index (κ2) is 8.00. The predicted octanol–water partition coefficient (Wildman–Crippen LogP) is 3.50. The third kappa shape index (κ3) is 6.04. The molecule has 0 aliphatic heterocycles. The van der Waals surface area contributed by atoms with Crippen molar-refractivity contribution >= 4 is 15.9 Å². The molecular formula is C15H24BrNO2. The van der Waals surface area contributed by atoms with Gasteiger partial charge < -0.3 is 14.8 Å². The van der Waals surface area contributed by atoms with Gasteiger partial charge in [0.25, 0.3) is 0 Å². The molecule has 1 rings (SSSR count). The Morgan fingerprint density at radius 2 is 2.05 bits per heavy atom. The first-order valence-corrected chi connectivity index (χ1v) is 7.32. The second-order valence-corrected chi connectivity index (χ2v) is 6.08. The lowest BCUT2D eigenvalue weighted by molar-refractivity contribution is -0.0125. The molecule has 0 aliphatic carbocycles. The van der Waals surface area contributed by atoms with Gasteiger partial charge in [0.1, 0.15) is 0 Å². The number of benzene rings is 1. The number of nitrogens with one attached hydrogen (secondary N) is 1. The van der Waals surface area contributed by atoms with Crippen molar-refractivity contribution in [2.24, 2.45) is 0 Å². The summed E-state index contributed by atoms with van der Waals surface area (Å²) in [6.07, 6.45) is 0.888. The van der Waals surface area contributed by atoms with E-state index in [2.05, 4.69) is 53.3 Å². The first-order valence-electron chi connectivity index (χ1n) is 6.53. The zero-order valence-corrected chi connectivity index (χ0v) is 13.8.